The van der Waals surface area contributed by atoms with Crippen molar-refractivity contribution in [2.45, 2.75) is 111 Å². The van der Waals surface area contributed by atoms with Gasteiger partial charge in [0.25, 0.3) is 0 Å². The van der Waals surface area contributed by atoms with Crippen LogP contribution in [0, 0.1) is 46.3 Å². The number of carbonyl (C=O) groups is 3. The van der Waals surface area contributed by atoms with Crippen molar-refractivity contribution < 1.29 is 29.3 Å². The van der Waals surface area contributed by atoms with Gasteiger partial charge in [-0.15, -0.1) is 0 Å². The maximum atomic E-state index is 13.8. The van der Waals surface area contributed by atoms with E-state index >= 15 is 0 Å². The molecule has 3 N–H and O–H groups in total. The van der Waals surface area contributed by atoms with Gasteiger partial charge < -0.3 is 20.3 Å². The number of ketones is 1. The van der Waals surface area contributed by atoms with Crippen LogP contribution < -0.4 is 5.32 Å². The molecule has 0 unspecified atom stereocenters. The summed E-state index contributed by atoms with van der Waals surface area (Å²) in [5.74, 6) is 0.192. The number of rotatable bonds is 6. The Labute approximate surface area is 209 Å². The molecule has 0 spiro atoms. The monoisotopic (exact) mass is 491 g/mol. The predicted molar refractivity (Wildman–Crippen MR) is 132 cm³/mol. The van der Waals surface area contributed by atoms with Crippen molar-refractivity contribution in [3.8, 4) is 0 Å². The number of alkyl carbamates (subject to hydrolysis) is 1. The van der Waals surface area contributed by atoms with Crippen LogP contribution in [0.4, 0.5) is 4.79 Å². The first-order chi connectivity index (χ1) is 16.4. The molecule has 7 nitrogen and oxygen atoms in total. The first kappa shape index (κ1) is 26.4. The standard InChI is InChI=1S/C28H45NO6/c1-15(2)29-26(34)35-17-10-12-28(5)20-11-13-27(4)18(16(3)6-9-22(30)31)7-8-19(27)23(20)25(33)24(32)21(28)14-17/h15-21,23-24,32H,6-14H2,1-5H3,(H,29,34)(H,30,31)/t16-,17-,18-,19+,20+,21+,23+,24-,27-,28-/m1/s1. The highest BCUT2D eigenvalue weighted by Gasteiger charge is 2.65. The zero-order chi connectivity index (χ0) is 25.7. The summed E-state index contributed by atoms with van der Waals surface area (Å²) in [4.78, 5) is 37.1. The number of aliphatic hydroxyl groups excluding tert-OH is 1. The third-order valence-electron chi connectivity index (χ3n) is 10.7. The SMILES string of the molecule is CC(C)NC(=O)O[C@@H]1CC[C@]2(C)[C@H]3CC[C@]4(C)[C@@H]([C@H](C)CCC(=O)O)CC[C@H]4[C@@H]3C(=O)[C@H](O)[C@@H]2C1. The number of fused-ring (bicyclic) bond motifs is 5. The lowest BCUT2D eigenvalue weighted by Gasteiger charge is -2.61. The fourth-order valence-electron chi connectivity index (χ4n) is 9.01. The number of carbonyl (C=O) groups excluding carboxylic acids is 2. The van der Waals surface area contributed by atoms with Gasteiger partial charge >= 0.3 is 12.1 Å². The maximum absolute atomic E-state index is 13.8. The molecule has 1 amide bonds. The summed E-state index contributed by atoms with van der Waals surface area (Å²) in [6, 6.07) is -0.00223. The molecule has 35 heavy (non-hydrogen) atoms. The van der Waals surface area contributed by atoms with Gasteiger partial charge in [-0.05, 0) is 99.7 Å². The Balaban J connectivity index is 1.51. The van der Waals surface area contributed by atoms with Crippen LogP contribution in [0.15, 0.2) is 0 Å². The molecule has 0 aromatic carbocycles. The lowest BCUT2D eigenvalue weighted by Crippen LogP contribution is -2.62. The van der Waals surface area contributed by atoms with Gasteiger partial charge in [-0.2, -0.15) is 0 Å². The minimum absolute atomic E-state index is 0.000444. The van der Waals surface area contributed by atoms with Crippen molar-refractivity contribution in [3.63, 3.8) is 0 Å². The molecule has 0 heterocycles. The van der Waals surface area contributed by atoms with Crippen molar-refractivity contribution in [1.82, 2.24) is 5.32 Å². The molecule has 10 atom stereocenters. The zero-order valence-corrected chi connectivity index (χ0v) is 22.1. The number of aliphatic carboxylic acids is 1. The topological polar surface area (TPSA) is 113 Å². The number of hydrogen-bond donors (Lipinski definition) is 3. The summed E-state index contributed by atoms with van der Waals surface area (Å²) in [5.41, 5.74) is -0.117. The van der Waals surface area contributed by atoms with E-state index in [1.54, 1.807) is 0 Å². The largest absolute Gasteiger partial charge is 0.481 e. The molecule has 0 aromatic rings. The Hall–Kier alpha value is -1.63. The number of ether oxygens (including phenoxy) is 1. The van der Waals surface area contributed by atoms with Gasteiger partial charge in [-0.25, -0.2) is 4.79 Å². The molecule has 4 saturated carbocycles. The number of amides is 1. The average Bonchev–Trinajstić information content (AvgIpc) is 3.13. The summed E-state index contributed by atoms with van der Waals surface area (Å²) in [7, 11) is 0. The second kappa shape index (κ2) is 9.68. The van der Waals surface area contributed by atoms with E-state index in [4.69, 9.17) is 9.84 Å². The second-order valence-electron chi connectivity index (χ2n) is 12.9. The first-order valence-corrected chi connectivity index (χ1v) is 13.8. The molecule has 4 fully saturated rings. The molecule has 7 heteroatoms. The third kappa shape index (κ3) is 4.62. The van der Waals surface area contributed by atoms with Gasteiger partial charge in [-0.3, -0.25) is 9.59 Å². The van der Waals surface area contributed by atoms with E-state index in [2.05, 4.69) is 26.1 Å². The lowest BCUT2D eigenvalue weighted by molar-refractivity contribution is -0.184. The fourth-order valence-corrected chi connectivity index (χ4v) is 9.01. The fraction of sp³-hybridized carbons (Fsp3) is 0.893. The van der Waals surface area contributed by atoms with E-state index in [0.29, 0.717) is 24.7 Å². The number of carboxylic acids is 1. The van der Waals surface area contributed by atoms with E-state index in [-0.39, 0.29) is 58.9 Å². The molecule has 4 aliphatic rings. The molecule has 4 rings (SSSR count). The van der Waals surface area contributed by atoms with Crippen LogP contribution >= 0.6 is 0 Å². The van der Waals surface area contributed by atoms with Gasteiger partial charge in [0, 0.05) is 24.3 Å². The molecule has 0 aliphatic heterocycles. The molecule has 0 saturated heterocycles. The molecular weight excluding hydrogens is 446 g/mol. The van der Waals surface area contributed by atoms with Gasteiger partial charge in [0.05, 0.1) is 0 Å². The van der Waals surface area contributed by atoms with Crippen molar-refractivity contribution in [2.24, 2.45) is 46.3 Å². The second-order valence-corrected chi connectivity index (χ2v) is 12.9. The van der Waals surface area contributed by atoms with Crippen LogP contribution in [0.2, 0.25) is 0 Å². The first-order valence-electron chi connectivity index (χ1n) is 13.8. The number of hydrogen-bond acceptors (Lipinski definition) is 5. The van der Waals surface area contributed by atoms with Crippen LogP contribution in [0.1, 0.15) is 92.4 Å². The summed E-state index contributed by atoms with van der Waals surface area (Å²) in [5, 5.41) is 23.3. The summed E-state index contributed by atoms with van der Waals surface area (Å²) in [6.07, 6.45) is 5.38. The van der Waals surface area contributed by atoms with Crippen molar-refractivity contribution >= 4 is 17.8 Å². The molecule has 198 valence electrons. The van der Waals surface area contributed by atoms with Crippen LogP contribution in [-0.2, 0) is 14.3 Å². The Kier molecular flexibility index (Phi) is 7.31. The van der Waals surface area contributed by atoms with E-state index < -0.39 is 18.2 Å². The summed E-state index contributed by atoms with van der Waals surface area (Å²) >= 11 is 0. The van der Waals surface area contributed by atoms with E-state index in [9.17, 15) is 19.5 Å². The minimum Gasteiger partial charge on any atom is -0.481 e. The van der Waals surface area contributed by atoms with Crippen LogP contribution in [0.3, 0.4) is 0 Å². The predicted octanol–water partition coefficient (Wildman–Crippen LogP) is 4.80. The lowest BCUT2D eigenvalue weighted by atomic mass is 9.43. The van der Waals surface area contributed by atoms with E-state index in [0.717, 1.165) is 38.5 Å². The summed E-state index contributed by atoms with van der Waals surface area (Å²) in [6.45, 7) is 10.5. The average molecular weight is 492 g/mol. The quantitative estimate of drug-likeness (QED) is 0.492. The van der Waals surface area contributed by atoms with Crippen molar-refractivity contribution in [2.75, 3.05) is 0 Å². The normalized spacial score (nSPS) is 43.6. The van der Waals surface area contributed by atoms with E-state index in [1.807, 2.05) is 13.8 Å². The van der Waals surface area contributed by atoms with Crippen LogP contribution in [0.25, 0.3) is 0 Å². The Morgan fingerprint density at radius 3 is 2.34 bits per heavy atom. The van der Waals surface area contributed by atoms with Crippen LogP contribution in [0.5, 0.6) is 0 Å². The Morgan fingerprint density at radius 2 is 1.69 bits per heavy atom. The van der Waals surface area contributed by atoms with Gasteiger partial charge in [0.2, 0.25) is 0 Å². The van der Waals surface area contributed by atoms with Gasteiger partial charge in [0.15, 0.2) is 5.78 Å². The highest BCUT2D eigenvalue weighted by molar-refractivity contribution is 5.87. The highest BCUT2D eigenvalue weighted by atomic mass is 16.6. The van der Waals surface area contributed by atoms with Gasteiger partial charge in [-0.1, -0.05) is 20.8 Å². The van der Waals surface area contributed by atoms with Crippen molar-refractivity contribution in [1.29, 1.82) is 0 Å². The van der Waals surface area contributed by atoms with Gasteiger partial charge in [0.1, 0.15) is 12.2 Å². The zero-order valence-electron chi connectivity index (χ0n) is 22.1. The highest BCUT2D eigenvalue weighted by Crippen LogP contribution is 2.67. The number of carboxylic acid groups (broad SMARTS) is 1. The minimum atomic E-state index is -1.01. The Bertz CT molecular complexity index is 843. The number of Topliss-reactive ketones (excluding diaryl/α,β-unsaturated/α-hetero) is 1. The number of aliphatic hydroxyl groups is 1. The number of nitrogens with one attached hydrogen (secondary N) is 1. The molecule has 0 bridgehead atoms. The molecule has 0 aromatic heterocycles. The maximum Gasteiger partial charge on any atom is 0.407 e. The Morgan fingerprint density at radius 1 is 1.03 bits per heavy atom. The molecule has 0 radical (unpaired) electrons. The summed E-state index contributed by atoms with van der Waals surface area (Å²) < 4.78 is 5.67. The van der Waals surface area contributed by atoms with E-state index in [1.165, 1.54) is 0 Å². The molecular formula is C28H45NO6. The molecule has 4 aliphatic carbocycles. The third-order valence-corrected chi connectivity index (χ3v) is 10.7. The van der Waals surface area contributed by atoms with Crippen molar-refractivity contribution in [3.05, 3.63) is 0 Å². The van der Waals surface area contributed by atoms with Crippen LogP contribution in [-0.4, -0.2) is 46.3 Å². The smallest absolute Gasteiger partial charge is 0.407 e.